The van der Waals surface area contributed by atoms with Gasteiger partial charge < -0.3 is 13.6 Å². The molecule has 5 heteroatoms. The number of fused-ring (bicyclic) bond motifs is 11. The van der Waals surface area contributed by atoms with E-state index in [1.54, 1.807) is 0 Å². The molecule has 0 radical (unpaired) electrons. The highest BCUT2D eigenvalue weighted by molar-refractivity contribution is 6.31. The molecular formula is C50H28N4O. The summed E-state index contributed by atoms with van der Waals surface area (Å²) in [4.78, 5) is 3.64. The molecule has 0 amide bonds. The van der Waals surface area contributed by atoms with Crippen LogP contribution in [0, 0.1) is 17.9 Å². The van der Waals surface area contributed by atoms with Crippen molar-refractivity contribution in [1.29, 1.82) is 5.26 Å². The van der Waals surface area contributed by atoms with Crippen molar-refractivity contribution in [1.82, 2.24) is 9.13 Å². The van der Waals surface area contributed by atoms with Gasteiger partial charge in [-0.25, -0.2) is 4.85 Å². The summed E-state index contributed by atoms with van der Waals surface area (Å²) in [5.74, 6) is 0. The third-order valence-corrected chi connectivity index (χ3v) is 10.9. The Bertz CT molecular complexity index is 3350. The van der Waals surface area contributed by atoms with Crippen molar-refractivity contribution < 1.29 is 4.42 Å². The van der Waals surface area contributed by atoms with Gasteiger partial charge in [-0.2, -0.15) is 5.26 Å². The molecule has 0 unspecified atom stereocenters. The first-order valence-electron chi connectivity index (χ1n) is 18.2. The van der Waals surface area contributed by atoms with Gasteiger partial charge in [-0.1, -0.05) is 91.0 Å². The molecule has 55 heavy (non-hydrogen) atoms. The van der Waals surface area contributed by atoms with Crippen LogP contribution in [0.1, 0.15) is 5.56 Å². The van der Waals surface area contributed by atoms with Gasteiger partial charge in [0.2, 0.25) is 0 Å². The zero-order valence-electron chi connectivity index (χ0n) is 29.4. The molecule has 254 valence electrons. The van der Waals surface area contributed by atoms with Crippen molar-refractivity contribution in [3.8, 4) is 39.7 Å². The Morgan fingerprint density at radius 3 is 1.85 bits per heavy atom. The summed E-state index contributed by atoms with van der Waals surface area (Å²) in [7, 11) is 0. The van der Waals surface area contributed by atoms with Crippen molar-refractivity contribution in [2.75, 3.05) is 0 Å². The fourth-order valence-electron chi connectivity index (χ4n) is 8.48. The molecular weight excluding hydrogens is 673 g/mol. The lowest BCUT2D eigenvalue weighted by molar-refractivity contribution is 0.673. The second kappa shape index (κ2) is 11.8. The van der Waals surface area contributed by atoms with Crippen molar-refractivity contribution in [3.05, 3.63) is 187 Å². The van der Waals surface area contributed by atoms with Crippen LogP contribution in [0.25, 0.3) is 104 Å². The van der Waals surface area contributed by atoms with E-state index < -0.39 is 0 Å². The van der Waals surface area contributed by atoms with Crippen LogP contribution in [0.4, 0.5) is 5.69 Å². The monoisotopic (exact) mass is 700 g/mol. The van der Waals surface area contributed by atoms with Gasteiger partial charge in [0.15, 0.2) is 5.69 Å². The van der Waals surface area contributed by atoms with Crippen LogP contribution in [-0.2, 0) is 0 Å². The molecule has 0 spiro atoms. The number of hydrogen-bond acceptors (Lipinski definition) is 2. The summed E-state index contributed by atoms with van der Waals surface area (Å²) in [6.45, 7) is 7.54. The molecule has 11 rings (SSSR count). The predicted octanol–water partition coefficient (Wildman–Crippen LogP) is 13.5. The third kappa shape index (κ3) is 4.58. The van der Waals surface area contributed by atoms with Gasteiger partial charge >= 0.3 is 0 Å². The predicted molar refractivity (Wildman–Crippen MR) is 224 cm³/mol. The normalized spacial score (nSPS) is 11.6. The summed E-state index contributed by atoms with van der Waals surface area (Å²) >= 11 is 0. The summed E-state index contributed by atoms with van der Waals surface area (Å²) in [6.07, 6.45) is 0. The Hall–Kier alpha value is -7.86. The number of aromatic nitrogens is 2. The quantitative estimate of drug-likeness (QED) is 0.172. The number of benzene rings is 8. The van der Waals surface area contributed by atoms with Crippen molar-refractivity contribution in [2.45, 2.75) is 0 Å². The van der Waals surface area contributed by atoms with E-state index >= 15 is 0 Å². The lowest BCUT2D eigenvalue weighted by atomic mass is 9.97. The molecule has 8 aromatic carbocycles. The Labute approximate surface area is 315 Å². The molecule has 3 heterocycles. The molecule has 0 saturated carbocycles. The van der Waals surface area contributed by atoms with Crippen molar-refractivity contribution in [2.24, 2.45) is 0 Å². The SMILES string of the molecule is [C-]#[N+]c1ccc(-c2cc(-c3ccc(C#N)cc3)cc(-n3c4ccc5c6ccccc6oc5c4c4ccc5c(c6ccccc6n5-c5ccccc5)c43)c2)cc1. The number of nitrogens with zero attached hydrogens (tertiary/aromatic N) is 4. The van der Waals surface area contributed by atoms with Gasteiger partial charge in [-0.05, 0) is 101 Å². The summed E-state index contributed by atoms with van der Waals surface area (Å²) < 4.78 is 11.5. The van der Waals surface area contributed by atoms with E-state index in [0.717, 1.165) is 99.2 Å². The first kappa shape index (κ1) is 30.7. The molecule has 0 fully saturated rings. The van der Waals surface area contributed by atoms with E-state index in [4.69, 9.17) is 11.0 Å². The van der Waals surface area contributed by atoms with Crippen LogP contribution < -0.4 is 0 Å². The maximum absolute atomic E-state index is 9.58. The van der Waals surface area contributed by atoms with Gasteiger partial charge in [0.1, 0.15) is 11.2 Å². The number of hydrogen-bond donors (Lipinski definition) is 0. The van der Waals surface area contributed by atoms with Crippen LogP contribution in [0.15, 0.2) is 174 Å². The number of para-hydroxylation sites is 3. The first-order chi connectivity index (χ1) is 27.2. The van der Waals surface area contributed by atoms with Gasteiger partial charge in [0.25, 0.3) is 0 Å². The number of furan rings is 1. The Morgan fingerprint density at radius 2 is 1.13 bits per heavy atom. The van der Waals surface area contributed by atoms with Gasteiger partial charge in [-0.15, -0.1) is 0 Å². The van der Waals surface area contributed by atoms with Crippen LogP contribution in [-0.4, -0.2) is 9.13 Å². The highest BCUT2D eigenvalue weighted by Gasteiger charge is 2.24. The molecule has 11 aromatic rings. The molecule has 0 aliphatic carbocycles. The first-order valence-corrected chi connectivity index (χ1v) is 18.2. The Kier molecular flexibility index (Phi) is 6.61. The van der Waals surface area contributed by atoms with Crippen LogP contribution >= 0.6 is 0 Å². The lowest BCUT2D eigenvalue weighted by Crippen LogP contribution is -1.97. The minimum Gasteiger partial charge on any atom is -0.455 e. The van der Waals surface area contributed by atoms with E-state index in [-0.39, 0.29) is 0 Å². The summed E-state index contributed by atoms with van der Waals surface area (Å²) in [6, 6.07) is 60.9. The van der Waals surface area contributed by atoms with E-state index in [1.165, 1.54) is 0 Å². The molecule has 0 aliphatic rings. The summed E-state index contributed by atoms with van der Waals surface area (Å²) in [5.41, 5.74) is 13.5. The molecule has 5 nitrogen and oxygen atoms in total. The number of rotatable bonds is 4. The second-order valence-electron chi connectivity index (χ2n) is 13.9. The van der Waals surface area contributed by atoms with E-state index in [1.807, 2.05) is 60.7 Å². The largest absolute Gasteiger partial charge is 0.455 e. The third-order valence-electron chi connectivity index (χ3n) is 10.9. The average molecular weight is 701 g/mol. The van der Waals surface area contributed by atoms with E-state index in [2.05, 4.69) is 129 Å². The maximum atomic E-state index is 9.58. The van der Waals surface area contributed by atoms with Gasteiger partial charge in [0, 0.05) is 38.3 Å². The topological polar surface area (TPSA) is 51.1 Å². The highest BCUT2D eigenvalue weighted by atomic mass is 16.3. The molecule has 0 N–H and O–H groups in total. The fraction of sp³-hybridized carbons (Fsp3) is 0. The summed E-state index contributed by atoms with van der Waals surface area (Å²) in [5, 5.41) is 16.2. The van der Waals surface area contributed by atoms with Crippen LogP contribution in [0.3, 0.4) is 0 Å². The van der Waals surface area contributed by atoms with Crippen molar-refractivity contribution >= 4 is 71.2 Å². The highest BCUT2D eigenvalue weighted by Crippen LogP contribution is 2.46. The smallest absolute Gasteiger partial charge is 0.187 e. The molecule has 0 aliphatic heterocycles. The van der Waals surface area contributed by atoms with E-state index in [9.17, 15) is 5.26 Å². The molecule has 0 saturated heterocycles. The van der Waals surface area contributed by atoms with Gasteiger partial charge in [-0.3, -0.25) is 0 Å². The van der Waals surface area contributed by atoms with Crippen LogP contribution in [0.2, 0.25) is 0 Å². The lowest BCUT2D eigenvalue weighted by Gasteiger charge is -2.15. The zero-order chi connectivity index (χ0) is 36.6. The van der Waals surface area contributed by atoms with Crippen LogP contribution in [0.5, 0.6) is 0 Å². The van der Waals surface area contributed by atoms with Crippen molar-refractivity contribution in [3.63, 3.8) is 0 Å². The second-order valence-corrected chi connectivity index (χ2v) is 13.9. The Balaban J connectivity index is 1.32. The minimum absolute atomic E-state index is 0.599. The standard InChI is InChI=1S/C50H28N4O/c1-52-36-21-19-33(20-22-36)35-27-34(32-17-15-31(30-51)16-18-32)28-38(29-35)54-45-25-23-40-39-11-6-8-14-46(39)55-50(40)48(45)42-24-26-44-47(49(42)54)41-12-5-7-13-43(41)53(44)37-9-3-2-4-10-37/h2-29H. The average Bonchev–Trinajstić information content (AvgIpc) is 3.91. The maximum Gasteiger partial charge on any atom is 0.187 e. The van der Waals surface area contributed by atoms with Gasteiger partial charge in [0.05, 0.1) is 45.7 Å². The number of nitriles is 1. The molecule has 0 bridgehead atoms. The molecule has 0 atom stereocenters. The zero-order valence-corrected chi connectivity index (χ0v) is 29.4. The minimum atomic E-state index is 0.599. The molecule has 3 aromatic heterocycles. The fourth-order valence-corrected chi connectivity index (χ4v) is 8.48. The van der Waals surface area contributed by atoms with E-state index in [0.29, 0.717) is 11.3 Å². The Morgan fingerprint density at radius 1 is 0.491 bits per heavy atom.